The molecule has 5 heteroatoms. The Bertz CT molecular complexity index is 713. The normalized spacial score (nSPS) is 14.4. The van der Waals surface area contributed by atoms with Crippen LogP contribution >= 0.6 is 0 Å². The van der Waals surface area contributed by atoms with Crippen LogP contribution in [-0.2, 0) is 4.79 Å². The molecule has 0 bridgehead atoms. The molecule has 0 aromatic rings. The zero-order valence-electron chi connectivity index (χ0n) is 28.1. The van der Waals surface area contributed by atoms with E-state index < -0.39 is 12.1 Å². The van der Waals surface area contributed by atoms with E-state index in [0.29, 0.717) is 12.8 Å². The molecule has 0 aliphatic carbocycles. The first-order valence-corrected chi connectivity index (χ1v) is 17.9. The molecule has 0 aliphatic heterocycles. The van der Waals surface area contributed by atoms with Crippen molar-refractivity contribution in [3.05, 3.63) is 48.6 Å². The first kappa shape index (κ1) is 41.3. The van der Waals surface area contributed by atoms with Crippen molar-refractivity contribution < 1.29 is 20.1 Å². The summed E-state index contributed by atoms with van der Waals surface area (Å²) < 4.78 is 0. The Labute approximate surface area is 266 Å². The van der Waals surface area contributed by atoms with Gasteiger partial charge in [0, 0.05) is 6.42 Å². The average Bonchev–Trinajstić information content (AvgIpc) is 2.99. The number of unbranched alkanes of at least 4 members (excludes halogenated alkanes) is 14. The number of nitrogens with one attached hydrogen (secondary N) is 1. The van der Waals surface area contributed by atoms with Gasteiger partial charge in [-0.1, -0.05) is 139 Å². The lowest BCUT2D eigenvalue weighted by Gasteiger charge is -2.22. The van der Waals surface area contributed by atoms with Gasteiger partial charge in [-0.25, -0.2) is 0 Å². The summed E-state index contributed by atoms with van der Waals surface area (Å²) in [5, 5.41) is 32.2. The quantitative estimate of drug-likeness (QED) is 0.0469. The lowest BCUT2D eigenvalue weighted by molar-refractivity contribution is -0.123. The molecule has 0 heterocycles. The van der Waals surface area contributed by atoms with Crippen molar-refractivity contribution in [2.45, 2.75) is 180 Å². The molecule has 5 nitrogen and oxygen atoms in total. The highest BCUT2D eigenvalue weighted by molar-refractivity contribution is 5.76. The Hall–Kier alpha value is -1.69. The minimum atomic E-state index is -0.689. The molecular formula is C38H69NO4. The molecule has 0 spiro atoms. The first-order valence-electron chi connectivity index (χ1n) is 17.9. The second kappa shape index (κ2) is 33.2. The number of hydrogen-bond acceptors (Lipinski definition) is 4. The SMILES string of the molecule is CCCCCCCCCCCCCCC[C@@H](O)[C@H](CO)NC(=O)CCC/C=C\C/C=C\C/C=C\C/C=C\CCC[C@H](C)O. The van der Waals surface area contributed by atoms with E-state index in [-0.39, 0.29) is 18.6 Å². The lowest BCUT2D eigenvalue weighted by atomic mass is 10.0. The fraction of sp³-hybridized carbons (Fsp3) is 0.763. The molecule has 0 aromatic heterocycles. The summed E-state index contributed by atoms with van der Waals surface area (Å²) >= 11 is 0. The van der Waals surface area contributed by atoms with Crippen LogP contribution in [0.3, 0.4) is 0 Å². The highest BCUT2D eigenvalue weighted by atomic mass is 16.3. The Balaban J connectivity index is 3.72. The topological polar surface area (TPSA) is 89.8 Å². The van der Waals surface area contributed by atoms with Gasteiger partial charge in [-0.2, -0.15) is 0 Å². The van der Waals surface area contributed by atoms with Crippen LogP contribution in [0.4, 0.5) is 0 Å². The molecule has 0 aromatic carbocycles. The predicted molar refractivity (Wildman–Crippen MR) is 185 cm³/mol. The summed E-state index contributed by atoms with van der Waals surface area (Å²) in [6, 6.07) is -0.573. The molecule has 0 saturated carbocycles. The highest BCUT2D eigenvalue weighted by Crippen LogP contribution is 2.14. The van der Waals surface area contributed by atoms with Gasteiger partial charge in [-0.15, -0.1) is 0 Å². The molecule has 250 valence electrons. The highest BCUT2D eigenvalue weighted by Gasteiger charge is 2.19. The van der Waals surface area contributed by atoms with Crippen LogP contribution in [0.2, 0.25) is 0 Å². The average molecular weight is 604 g/mol. The number of carbonyl (C=O) groups excluding carboxylic acids is 1. The smallest absolute Gasteiger partial charge is 0.220 e. The Morgan fingerprint density at radius 3 is 1.51 bits per heavy atom. The second-order valence-corrected chi connectivity index (χ2v) is 12.2. The molecule has 1 amide bonds. The third-order valence-electron chi connectivity index (χ3n) is 7.86. The van der Waals surface area contributed by atoms with Gasteiger partial charge in [0.2, 0.25) is 5.91 Å². The fourth-order valence-corrected chi connectivity index (χ4v) is 5.08. The van der Waals surface area contributed by atoms with E-state index in [1.807, 2.05) is 6.92 Å². The molecule has 3 atom stereocenters. The Morgan fingerprint density at radius 1 is 0.605 bits per heavy atom. The molecule has 0 rings (SSSR count). The van der Waals surface area contributed by atoms with Crippen LogP contribution in [0.1, 0.15) is 162 Å². The molecule has 0 radical (unpaired) electrons. The van der Waals surface area contributed by atoms with E-state index in [0.717, 1.165) is 64.2 Å². The van der Waals surface area contributed by atoms with E-state index in [1.54, 1.807) is 0 Å². The maximum absolute atomic E-state index is 12.3. The van der Waals surface area contributed by atoms with Gasteiger partial charge in [-0.3, -0.25) is 4.79 Å². The van der Waals surface area contributed by atoms with Gasteiger partial charge in [0.15, 0.2) is 0 Å². The van der Waals surface area contributed by atoms with Crippen molar-refractivity contribution in [3.8, 4) is 0 Å². The molecule has 0 saturated heterocycles. The summed E-state index contributed by atoms with van der Waals surface area (Å²) in [6.45, 7) is 3.87. The third-order valence-corrected chi connectivity index (χ3v) is 7.86. The maximum atomic E-state index is 12.3. The van der Waals surface area contributed by atoms with Crippen LogP contribution in [-0.4, -0.2) is 46.1 Å². The van der Waals surface area contributed by atoms with Gasteiger partial charge in [-0.05, 0) is 64.7 Å². The third kappa shape index (κ3) is 31.5. The fourth-order valence-electron chi connectivity index (χ4n) is 5.08. The van der Waals surface area contributed by atoms with E-state index >= 15 is 0 Å². The number of amides is 1. The molecular weight excluding hydrogens is 534 g/mol. The number of allylic oxidation sites excluding steroid dienone is 8. The molecule has 0 fully saturated rings. The van der Waals surface area contributed by atoms with Gasteiger partial charge in [0.25, 0.3) is 0 Å². The largest absolute Gasteiger partial charge is 0.394 e. The predicted octanol–water partition coefficient (Wildman–Crippen LogP) is 9.42. The van der Waals surface area contributed by atoms with Crippen LogP contribution in [0.5, 0.6) is 0 Å². The van der Waals surface area contributed by atoms with Crippen LogP contribution in [0.15, 0.2) is 48.6 Å². The van der Waals surface area contributed by atoms with E-state index in [4.69, 9.17) is 0 Å². The van der Waals surface area contributed by atoms with E-state index in [9.17, 15) is 20.1 Å². The zero-order valence-corrected chi connectivity index (χ0v) is 28.1. The van der Waals surface area contributed by atoms with Gasteiger partial charge in [0.1, 0.15) is 0 Å². The molecule has 0 aliphatic rings. The lowest BCUT2D eigenvalue weighted by Crippen LogP contribution is -2.45. The summed E-state index contributed by atoms with van der Waals surface area (Å²) in [5.41, 5.74) is 0. The molecule has 43 heavy (non-hydrogen) atoms. The first-order chi connectivity index (χ1) is 21.0. The Kier molecular flexibility index (Phi) is 31.9. The van der Waals surface area contributed by atoms with E-state index in [1.165, 1.54) is 70.6 Å². The van der Waals surface area contributed by atoms with Crippen LogP contribution in [0, 0.1) is 0 Å². The number of aliphatic hydroxyl groups excluding tert-OH is 3. The van der Waals surface area contributed by atoms with Gasteiger partial charge < -0.3 is 20.6 Å². The van der Waals surface area contributed by atoms with E-state index in [2.05, 4.69) is 60.8 Å². The van der Waals surface area contributed by atoms with Crippen molar-refractivity contribution in [2.24, 2.45) is 0 Å². The van der Waals surface area contributed by atoms with Crippen molar-refractivity contribution in [1.29, 1.82) is 0 Å². The maximum Gasteiger partial charge on any atom is 0.220 e. The van der Waals surface area contributed by atoms with Crippen molar-refractivity contribution in [2.75, 3.05) is 6.61 Å². The van der Waals surface area contributed by atoms with Gasteiger partial charge in [0.05, 0.1) is 24.9 Å². The van der Waals surface area contributed by atoms with Crippen molar-refractivity contribution >= 4 is 5.91 Å². The van der Waals surface area contributed by atoms with Crippen LogP contribution in [0.25, 0.3) is 0 Å². The molecule has 0 unspecified atom stereocenters. The minimum Gasteiger partial charge on any atom is -0.394 e. The second-order valence-electron chi connectivity index (χ2n) is 12.2. The summed E-state index contributed by atoms with van der Waals surface area (Å²) in [7, 11) is 0. The summed E-state index contributed by atoms with van der Waals surface area (Å²) in [4.78, 5) is 12.3. The number of aliphatic hydroxyl groups is 3. The number of rotatable bonds is 31. The summed E-state index contributed by atoms with van der Waals surface area (Å²) in [6.07, 6.45) is 41.5. The Morgan fingerprint density at radius 2 is 1.05 bits per heavy atom. The number of carbonyl (C=O) groups is 1. The van der Waals surface area contributed by atoms with Crippen LogP contribution < -0.4 is 5.32 Å². The zero-order chi connectivity index (χ0) is 31.6. The molecule has 4 N–H and O–H groups in total. The number of hydrogen-bond donors (Lipinski definition) is 4. The van der Waals surface area contributed by atoms with Crippen molar-refractivity contribution in [3.63, 3.8) is 0 Å². The van der Waals surface area contributed by atoms with Gasteiger partial charge >= 0.3 is 0 Å². The summed E-state index contributed by atoms with van der Waals surface area (Å²) in [5.74, 6) is -0.0989. The standard InChI is InChI=1S/C38H69NO4/c1-3-4-5-6-7-8-9-13-17-20-23-26-29-32-37(42)36(34-40)39-38(43)33-30-27-24-21-18-15-12-10-11-14-16-19-22-25-28-31-35(2)41/h11-12,14-15,19,21-22,24,35-37,40-42H,3-10,13,16-18,20,23,25-34H2,1-2H3,(H,39,43)/b14-11-,15-12-,22-19-,24-21-/t35-,36-,37+/m0/s1. The minimum absolute atomic E-state index is 0.0989. The monoisotopic (exact) mass is 604 g/mol. The van der Waals surface area contributed by atoms with Crippen molar-refractivity contribution in [1.82, 2.24) is 5.32 Å².